The lowest BCUT2D eigenvalue weighted by Crippen LogP contribution is -2.54. The van der Waals surface area contributed by atoms with Gasteiger partial charge in [0, 0.05) is 37.9 Å². The van der Waals surface area contributed by atoms with E-state index in [2.05, 4.69) is 41.5 Å². The van der Waals surface area contributed by atoms with Crippen molar-refractivity contribution in [1.82, 2.24) is 29.9 Å². The number of hydrogen-bond acceptors (Lipinski definition) is 6. The Hall–Kier alpha value is -2.88. The summed E-state index contributed by atoms with van der Waals surface area (Å²) in [6, 6.07) is 8.39. The summed E-state index contributed by atoms with van der Waals surface area (Å²) in [5.41, 5.74) is 2.21. The number of thioether (sulfide) groups is 1. The molecule has 10 heteroatoms. The number of carbonyl (C=O) groups excluding carboxylic acids is 3. The highest BCUT2D eigenvalue weighted by atomic mass is 32.2. The zero-order valence-electron chi connectivity index (χ0n) is 18.4. The number of benzene rings is 1. The molecule has 1 aromatic heterocycles. The molecule has 9 nitrogen and oxygen atoms in total. The van der Waals surface area contributed by atoms with Crippen molar-refractivity contribution in [2.75, 3.05) is 31.9 Å². The van der Waals surface area contributed by atoms with Gasteiger partial charge in [0.15, 0.2) is 5.16 Å². The average molecular weight is 457 g/mol. The second kappa shape index (κ2) is 9.72. The Kier molecular flexibility index (Phi) is 6.78. The molecular weight excluding hydrogens is 428 g/mol. The fourth-order valence-electron chi connectivity index (χ4n) is 3.51. The van der Waals surface area contributed by atoms with Crippen LogP contribution in [0.2, 0.25) is 0 Å². The number of nitrogens with zero attached hydrogens (tertiary/aromatic N) is 5. The van der Waals surface area contributed by atoms with Crippen LogP contribution in [0.15, 0.2) is 35.7 Å². The summed E-state index contributed by atoms with van der Waals surface area (Å²) >= 11 is 1.34. The molecule has 4 rings (SSSR count). The van der Waals surface area contributed by atoms with Crippen molar-refractivity contribution >= 4 is 29.5 Å². The zero-order chi connectivity index (χ0) is 22.7. The predicted octanol–water partition coefficient (Wildman–Crippen LogP) is 1.43. The van der Waals surface area contributed by atoms with Gasteiger partial charge in [-0.3, -0.25) is 19.0 Å². The smallest absolute Gasteiger partial charge is 0.312 e. The molecule has 170 valence electrons. The van der Waals surface area contributed by atoms with Crippen molar-refractivity contribution in [2.24, 2.45) is 0 Å². The van der Waals surface area contributed by atoms with E-state index in [1.54, 1.807) is 11.2 Å². The molecule has 32 heavy (non-hydrogen) atoms. The van der Waals surface area contributed by atoms with E-state index in [1.165, 1.54) is 22.2 Å². The maximum absolute atomic E-state index is 12.7. The average Bonchev–Trinajstić information content (AvgIpc) is 3.50. The first-order valence-corrected chi connectivity index (χ1v) is 11.9. The number of carbonyl (C=O) groups is 3. The van der Waals surface area contributed by atoms with Gasteiger partial charge in [0.1, 0.15) is 6.33 Å². The summed E-state index contributed by atoms with van der Waals surface area (Å²) in [5.74, 6) is -0.369. The van der Waals surface area contributed by atoms with Gasteiger partial charge in [0.05, 0.1) is 5.75 Å². The number of amides is 3. The minimum Gasteiger partial charge on any atom is -0.345 e. The summed E-state index contributed by atoms with van der Waals surface area (Å²) in [6.07, 6.45) is 3.53. The van der Waals surface area contributed by atoms with Crippen molar-refractivity contribution in [1.29, 1.82) is 0 Å². The van der Waals surface area contributed by atoms with Crippen LogP contribution in [0.25, 0.3) is 5.69 Å². The third-order valence-corrected chi connectivity index (χ3v) is 6.63. The SMILES string of the molecule is CC(C)c1ccc(-n2cnnc2SCC(=O)N2CCN(C(=O)C(=O)NC3CC3)CC2)cc1. The highest BCUT2D eigenvalue weighted by Gasteiger charge is 2.31. The van der Waals surface area contributed by atoms with Crippen LogP contribution >= 0.6 is 11.8 Å². The molecule has 2 fully saturated rings. The van der Waals surface area contributed by atoms with Gasteiger partial charge in [0.2, 0.25) is 5.91 Å². The summed E-state index contributed by atoms with van der Waals surface area (Å²) in [4.78, 5) is 40.1. The summed E-state index contributed by atoms with van der Waals surface area (Å²) in [6.45, 7) is 5.88. The Labute approximate surface area is 191 Å². The first kappa shape index (κ1) is 22.3. The molecule has 1 aliphatic heterocycles. The molecule has 2 aromatic rings. The second-order valence-corrected chi connectivity index (χ2v) is 9.38. The van der Waals surface area contributed by atoms with Crippen molar-refractivity contribution in [2.45, 2.75) is 43.8 Å². The molecule has 0 atom stereocenters. The maximum Gasteiger partial charge on any atom is 0.312 e. The molecule has 0 unspecified atom stereocenters. The van der Waals surface area contributed by atoms with Crippen molar-refractivity contribution in [3.63, 3.8) is 0 Å². The first-order valence-electron chi connectivity index (χ1n) is 10.9. The molecular formula is C22H28N6O3S. The molecule has 2 heterocycles. The quantitative estimate of drug-likeness (QED) is 0.521. The molecule has 0 radical (unpaired) electrons. The first-order chi connectivity index (χ1) is 15.4. The fourth-order valence-corrected chi connectivity index (χ4v) is 4.35. The predicted molar refractivity (Wildman–Crippen MR) is 120 cm³/mol. The van der Waals surface area contributed by atoms with Crippen LogP contribution in [0.4, 0.5) is 0 Å². The number of piperazine rings is 1. The zero-order valence-corrected chi connectivity index (χ0v) is 19.2. The van der Waals surface area contributed by atoms with Crippen LogP contribution in [0.1, 0.15) is 38.2 Å². The lowest BCUT2D eigenvalue weighted by Gasteiger charge is -2.34. The molecule has 1 N–H and O–H groups in total. The number of aromatic nitrogens is 3. The van der Waals surface area contributed by atoms with Crippen molar-refractivity contribution in [3.05, 3.63) is 36.2 Å². The molecule has 0 spiro atoms. The minimum absolute atomic E-state index is 0.0192. The summed E-state index contributed by atoms with van der Waals surface area (Å²) < 4.78 is 1.87. The Bertz CT molecular complexity index is 978. The van der Waals surface area contributed by atoms with E-state index in [1.807, 2.05) is 16.7 Å². The van der Waals surface area contributed by atoms with E-state index >= 15 is 0 Å². The van der Waals surface area contributed by atoms with E-state index in [4.69, 9.17) is 0 Å². The van der Waals surface area contributed by atoms with Gasteiger partial charge in [-0.05, 0) is 36.5 Å². The lowest BCUT2D eigenvalue weighted by molar-refractivity contribution is -0.148. The monoisotopic (exact) mass is 456 g/mol. The molecule has 3 amide bonds. The summed E-state index contributed by atoms with van der Waals surface area (Å²) in [7, 11) is 0. The number of nitrogens with one attached hydrogen (secondary N) is 1. The van der Waals surface area contributed by atoms with Crippen molar-refractivity contribution < 1.29 is 14.4 Å². The van der Waals surface area contributed by atoms with E-state index in [-0.39, 0.29) is 17.7 Å². The Morgan fingerprint density at radius 1 is 1.06 bits per heavy atom. The molecule has 0 bridgehead atoms. The van der Waals surface area contributed by atoms with Crippen molar-refractivity contribution in [3.8, 4) is 5.69 Å². The normalized spacial score (nSPS) is 16.3. The molecule has 1 aromatic carbocycles. The van der Waals surface area contributed by atoms with Crippen LogP contribution in [-0.2, 0) is 14.4 Å². The summed E-state index contributed by atoms with van der Waals surface area (Å²) in [5, 5.41) is 11.5. The molecule has 2 aliphatic rings. The highest BCUT2D eigenvalue weighted by Crippen LogP contribution is 2.22. The van der Waals surface area contributed by atoms with Gasteiger partial charge < -0.3 is 15.1 Å². The van der Waals surface area contributed by atoms with E-state index in [9.17, 15) is 14.4 Å². The minimum atomic E-state index is -0.538. The van der Waals surface area contributed by atoms with Gasteiger partial charge in [-0.25, -0.2) is 0 Å². The highest BCUT2D eigenvalue weighted by molar-refractivity contribution is 7.99. The topological polar surface area (TPSA) is 100 Å². The third-order valence-electron chi connectivity index (χ3n) is 5.71. The molecule has 1 saturated heterocycles. The molecule has 1 saturated carbocycles. The van der Waals surface area contributed by atoms with Crippen LogP contribution in [0.5, 0.6) is 0 Å². The molecule has 1 aliphatic carbocycles. The van der Waals surface area contributed by atoms with Crippen LogP contribution in [-0.4, -0.2) is 80.3 Å². The standard InChI is InChI=1S/C22H28N6O3S/c1-15(2)16-3-7-18(8-4-16)28-14-23-25-22(28)32-13-19(29)26-9-11-27(12-10-26)21(31)20(30)24-17-5-6-17/h3-4,7-8,14-15,17H,5-6,9-13H2,1-2H3,(H,24,30). The largest absolute Gasteiger partial charge is 0.345 e. The second-order valence-electron chi connectivity index (χ2n) is 8.44. The van der Waals surface area contributed by atoms with Gasteiger partial charge in [-0.1, -0.05) is 37.7 Å². The number of rotatable bonds is 6. The van der Waals surface area contributed by atoms with Gasteiger partial charge >= 0.3 is 11.8 Å². The third kappa shape index (κ3) is 5.29. The van der Waals surface area contributed by atoms with Gasteiger partial charge in [-0.15, -0.1) is 10.2 Å². The van der Waals surface area contributed by atoms with E-state index < -0.39 is 11.8 Å². The van der Waals surface area contributed by atoms with Gasteiger partial charge in [-0.2, -0.15) is 0 Å². The Balaban J connectivity index is 1.27. The Morgan fingerprint density at radius 3 is 2.34 bits per heavy atom. The van der Waals surface area contributed by atoms with E-state index in [0.717, 1.165) is 18.5 Å². The van der Waals surface area contributed by atoms with Crippen LogP contribution in [0, 0.1) is 0 Å². The number of hydrogen-bond donors (Lipinski definition) is 1. The lowest BCUT2D eigenvalue weighted by atomic mass is 10.0. The Morgan fingerprint density at radius 2 is 1.72 bits per heavy atom. The van der Waals surface area contributed by atoms with Gasteiger partial charge in [0.25, 0.3) is 0 Å². The van der Waals surface area contributed by atoms with Crippen LogP contribution < -0.4 is 5.32 Å². The fraction of sp³-hybridized carbons (Fsp3) is 0.500. The van der Waals surface area contributed by atoms with E-state index in [0.29, 0.717) is 37.3 Å². The maximum atomic E-state index is 12.7. The van der Waals surface area contributed by atoms with Crippen LogP contribution in [0.3, 0.4) is 0 Å².